The van der Waals surface area contributed by atoms with Crippen LogP contribution in [0.1, 0.15) is 52.9 Å². The van der Waals surface area contributed by atoms with Crippen molar-refractivity contribution < 1.29 is 14.7 Å². The van der Waals surface area contributed by atoms with E-state index in [1.165, 1.54) is 25.7 Å². The summed E-state index contributed by atoms with van der Waals surface area (Å²) in [7, 11) is 2.15. The number of aliphatic hydroxyl groups is 1. The van der Waals surface area contributed by atoms with Gasteiger partial charge in [-0.2, -0.15) is 0 Å². The molecule has 0 aromatic heterocycles. The standard InChI is InChI=1S/C23H42N4O3/c1-22(2)19-8-9-23(3,30-22)21(20(19)27-10-6-5-7-11-27)24-29-17-18(28)16-26-14-12-25(4)13-15-26/h18-20,28H,5-17H2,1-4H3/b24-21+/t18?,19-,20-,23+/m1/s1. The Kier molecular flexibility index (Phi) is 6.76. The zero-order chi connectivity index (χ0) is 21.4. The van der Waals surface area contributed by atoms with Gasteiger partial charge in [0.25, 0.3) is 0 Å². The second-order valence-corrected chi connectivity index (χ2v) is 10.7. The van der Waals surface area contributed by atoms with Gasteiger partial charge in [-0.3, -0.25) is 9.80 Å². The second kappa shape index (κ2) is 9.02. The molecule has 0 aromatic carbocycles. The van der Waals surface area contributed by atoms with Crippen molar-refractivity contribution in [2.45, 2.75) is 76.2 Å². The van der Waals surface area contributed by atoms with Gasteiger partial charge in [0.15, 0.2) is 0 Å². The molecule has 1 unspecified atom stereocenters. The predicted octanol–water partition coefficient (Wildman–Crippen LogP) is 1.80. The Labute approximate surface area is 182 Å². The number of β-amino-alcohol motifs (C(OH)–C–C–N with tert-alkyl or cyclic N) is 1. The summed E-state index contributed by atoms with van der Waals surface area (Å²) in [6.45, 7) is 13.9. The minimum Gasteiger partial charge on any atom is -0.393 e. The first kappa shape index (κ1) is 22.5. The van der Waals surface area contributed by atoms with Gasteiger partial charge in [-0.15, -0.1) is 0 Å². The molecule has 1 aliphatic carbocycles. The summed E-state index contributed by atoms with van der Waals surface area (Å²) in [6.07, 6.45) is 5.51. The van der Waals surface area contributed by atoms with Crippen molar-refractivity contribution in [2.24, 2.45) is 11.1 Å². The molecule has 5 fully saturated rings. The van der Waals surface area contributed by atoms with E-state index in [2.05, 4.69) is 47.7 Å². The summed E-state index contributed by atoms with van der Waals surface area (Å²) in [4.78, 5) is 13.1. The van der Waals surface area contributed by atoms with Crippen LogP contribution in [-0.2, 0) is 9.57 Å². The van der Waals surface area contributed by atoms with Gasteiger partial charge in [0.1, 0.15) is 24.0 Å². The molecular formula is C23H42N4O3. The van der Waals surface area contributed by atoms with Gasteiger partial charge >= 0.3 is 0 Å². The van der Waals surface area contributed by atoms with E-state index in [0.717, 1.165) is 51.4 Å². The number of oxime groups is 1. The summed E-state index contributed by atoms with van der Waals surface area (Å²) in [6, 6.07) is 0.294. The Morgan fingerprint density at radius 2 is 1.80 bits per heavy atom. The Morgan fingerprint density at radius 3 is 2.47 bits per heavy atom. The lowest BCUT2D eigenvalue weighted by Crippen LogP contribution is -2.70. The molecule has 0 amide bonds. The molecule has 30 heavy (non-hydrogen) atoms. The van der Waals surface area contributed by atoms with Gasteiger partial charge in [-0.1, -0.05) is 11.6 Å². The molecule has 0 aromatic rings. The van der Waals surface area contributed by atoms with Gasteiger partial charge in [0.05, 0.1) is 11.6 Å². The fraction of sp³-hybridized carbons (Fsp3) is 0.957. The highest BCUT2D eigenvalue weighted by atomic mass is 16.6. The molecule has 1 saturated carbocycles. The summed E-state index contributed by atoms with van der Waals surface area (Å²) in [5, 5.41) is 15.2. The lowest BCUT2D eigenvalue weighted by atomic mass is 9.64. The van der Waals surface area contributed by atoms with E-state index in [0.29, 0.717) is 18.5 Å². The molecule has 7 nitrogen and oxygen atoms in total. The van der Waals surface area contributed by atoms with Crippen LogP contribution in [0, 0.1) is 5.92 Å². The third-order valence-electron chi connectivity index (χ3n) is 7.80. The average Bonchev–Trinajstić information content (AvgIpc) is 2.70. The molecule has 0 spiro atoms. The monoisotopic (exact) mass is 422 g/mol. The predicted molar refractivity (Wildman–Crippen MR) is 119 cm³/mol. The van der Waals surface area contributed by atoms with E-state index in [4.69, 9.17) is 9.57 Å². The summed E-state index contributed by atoms with van der Waals surface area (Å²) in [5.74, 6) is 0.440. The number of ether oxygens (including phenoxy) is 1. The first-order valence-electron chi connectivity index (χ1n) is 12.0. The van der Waals surface area contributed by atoms with Crippen LogP contribution in [0.15, 0.2) is 5.16 Å². The smallest absolute Gasteiger partial charge is 0.144 e. The highest BCUT2D eigenvalue weighted by molar-refractivity contribution is 5.98. The number of hydrogen-bond donors (Lipinski definition) is 1. The van der Waals surface area contributed by atoms with E-state index in [9.17, 15) is 5.11 Å². The third kappa shape index (κ3) is 4.70. The maximum absolute atomic E-state index is 10.5. The number of likely N-dealkylation sites (N-methyl/N-ethyl adjacent to an activating group) is 1. The van der Waals surface area contributed by atoms with Crippen LogP contribution in [0.3, 0.4) is 0 Å². The molecule has 5 aliphatic rings. The second-order valence-electron chi connectivity index (χ2n) is 10.7. The van der Waals surface area contributed by atoms with Gasteiger partial charge in [0, 0.05) is 38.6 Å². The molecular weight excluding hydrogens is 380 g/mol. The maximum atomic E-state index is 10.5. The van der Waals surface area contributed by atoms with Crippen molar-refractivity contribution in [3.63, 3.8) is 0 Å². The largest absolute Gasteiger partial charge is 0.393 e. The zero-order valence-corrected chi connectivity index (χ0v) is 19.5. The van der Waals surface area contributed by atoms with Crippen molar-refractivity contribution in [1.29, 1.82) is 0 Å². The van der Waals surface area contributed by atoms with Crippen LogP contribution < -0.4 is 0 Å². The number of hydrogen-bond acceptors (Lipinski definition) is 7. The Balaban J connectivity index is 1.41. The van der Waals surface area contributed by atoms with Gasteiger partial charge in [0.2, 0.25) is 0 Å². The Bertz CT molecular complexity index is 614. The van der Waals surface area contributed by atoms with Crippen LogP contribution in [0.2, 0.25) is 0 Å². The highest BCUT2D eigenvalue weighted by Crippen LogP contribution is 2.50. The molecule has 1 N–H and O–H groups in total. The molecule has 4 atom stereocenters. The molecule has 5 rings (SSSR count). The lowest BCUT2D eigenvalue weighted by molar-refractivity contribution is -0.197. The number of piperidine rings is 1. The molecule has 172 valence electrons. The third-order valence-corrected chi connectivity index (χ3v) is 7.80. The lowest BCUT2D eigenvalue weighted by Gasteiger charge is -2.60. The highest BCUT2D eigenvalue weighted by Gasteiger charge is 2.59. The van der Waals surface area contributed by atoms with Crippen molar-refractivity contribution in [3.8, 4) is 0 Å². The number of piperazine rings is 1. The first-order chi connectivity index (χ1) is 14.3. The number of likely N-dealkylation sites (tertiary alicyclic amines) is 1. The number of fused-ring (bicyclic) bond motifs is 3. The van der Waals surface area contributed by atoms with Crippen molar-refractivity contribution >= 4 is 5.71 Å². The fourth-order valence-electron chi connectivity index (χ4n) is 6.06. The molecule has 0 radical (unpaired) electrons. The minimum atomic E-state index is -0.517. The first-order valence-corrected chi connectivity index (χ1v) is 12.0. The Hall–Kier alpha value is -0.730. The summed E-state index contributed by atoms with van der Waals surface area (Å²) >= 11 is 0. The van der Waals surface area contributed by atoms with E-state index < -0.39 is 6.10 Å². The number of rotatable bonds is 6. The van der Waals surface area contributed by atoms with E-state index in [1.54, 1.807) is 0 Å². The normalized spacial score (nSPS) is 38.1. The van der Waals surface area contributed by atoms with E-state index >= 15 is 0 Å². The van der Waals surface area contributed by atoms with Crippen molar-refractivity contribution in [2.75, 3.05) is 59.5 Å². The SMILES string of the molecule is CN1CCN(CC(O)CO/N=C2\[C@H](N3CCCCC3)[C@H]3CC[C@]2(C)OC3(C)C)CC1. The van der Waals surface area contributed by atoms with E-state index in [-0.39, 0.29) is 17.8 Å². The molecule has 4 heterocycles. The maximum Gasteiger partial charge on any atom is 0.144 e. The van der Waals surface area contributed by atoms with Crippen LogP contribution in [0.25, 0.3) is 0 Å². The summed E-state index contributed by atoms with van der Waals surface area (Å²) < 4.78 is 6.57. The molecule has 2 bridgehead atoms. The molecule has 4 saturated heterocycles. The van der Waals surface area contributed by atoms with Gasteiger partial charge < -0.3 is 19.6 Å². The van der Waals surface area contributed by atoms with Crippen LogP contribution >= 0.6 is 0 Å². The van der Waals surface area contributed by atoms with Crippen molar-refractivity contribution in [3.05, 3.63) is 0 Å². The minimum absolute atomic E-state index is 0.144. The summed E-state index contributed by atoms with van der Waals surface area (Å²) in [5.41, 5.74) is 0.532. The molecule has 4 aliphatic heterocycles. The zero-order valence-electron chi connectivity index (χ0n) is 19.5. The Morgan fingerprint density at radius 1 is 1.10 bits per heavy atom. The topological polar surface area (TPSA) is 60.8 Å². The van der Waals surface area contributed by atoms with Gasteiger partial charge in [-0.05, 0) is 66.6 Å². The molecule has 7 heteroatoms. The van der Waals surface area contributed by atoms with E-state index in [1.807, 2.05) is 0 Å². The van der Waals surface area contributed by atoms with Crippen molar-refractivity contribution in [1.82, 2.24) is 14.7 Å². The fourth-order valence-corrected chi connectivity index (χ4v) is 6.06. The number of aliphatic hydroxyl groups excluding tert-OH is 1. The van der Waals surface area contributed by atoms with Crippen LogP contribution in [0.4, 0.5) is 0 Å². The number of nitrogens with zero attached hydrogens (tertiary/aromatic N) is 4. The van der Waals surface area contributed by atoms with Crippen LogP contribution in [-0.4, -0.2) is 108 Å². The van der Waals surface area contributed by atoms with Crippen LogP contribution in [0.5, 0.6) is 0 Å². The quantitative estimate of drug-likeness (QED) is 0.659. The van der Waals surface area contributed by atoms with Gasteiger partial charge in [-0.25, -0.2) is 0 Å². The average molecular weight is 423 g/mol.